The smallest absolute Gasteiger partial charge is 0.0993 e. The van der Waals surface area contributed by atoms with Gasteiger partial charge in [0.15, 0.2) is 0 Å². The quantitative estimate of drug-likeness (QED) is 0.550. The minimum absolute atomic E-state index is 0.0164. The Morgan fingerprint density at radius 1 is 1.22 bits per heavy atom. The predicted molar refractivity (Wildman–Crippen MR) is 76.0 cm³/mol. The van der Waals surface area contributed by atoms with Gasteiger partial charge in [-0.25, -0.2) is 0 Å². The maximum absolute atomic E-state index is 5.91. The number of benzene rings is 1. The lowest BCUT2D eigenvalue weighted by atomic mass is 9.89. The van der Waals surface area contributed by atoms with Crippen LogP contribution in [0.5, 0.6) is 0 Å². The highest BCUT2D eigenvalue weighted by Crippen LogP contribution is 2.27. The van der Waals surface area contributed by atoms with Gasteiger partial charge in [-0.3, -0.25) is 11.3 Å². The number of hydrazine groups is 1. The van der Waals surface area contributed by atoms with Crippen LogP contribution in [-0.2, 0) is 4.74 Å². The summed E-state index contributed by atoms with van der Waals surface area (Å²) in [5.41, 5.74) is 4.13. The van der Waals surface area contributed by atoms with E-state index in [1.54, 1.807) is 0 Å². The molecule has 3 atom stereocenters. The first-order chi connectivity index (χ1) is 8.74. The minimum atomic E-state index is 0.0164. The van der Waals surface area contributed by atoms with Gasteiger partial charge in [-0.15, -0.1) is 0 Å². The summed E-state index contributed by atoms with van der Waals surface area (Å²) in [4.78, 5) is 0. The third-order valence-corrected chi connectivity index (χ3v) is 3.35. The van der Waals surface area contributed by atoms with Crippen molar-refractivity contribution in [2.45, 2.75) is 45.8 Å². The average Bonchev–Trinajstić information content (AvgIpc) is 2.40. The Hall–Kier alpha value is -0.900. The van der Waals surface area contributed by atoms with E-state index in [1.165, 1.54) is 5.56 Å². The normalized spacial score (nSPS) is 16.2. The Morgan fingerprint density at radius 3 is 2.39 bits per heavy atom. The Labute approximate surface area is 111 Å². The fourth-order valence-electron chi connectivity index (χ4n) is 2.41. The van der Waals surface area contributed by atoms with Crippen molar-refractivity contribution in [1.82, 2.24) is 5.43 Å². The molecular weight excluding hydrogens is 224 g/mol. The topological polar surface area (TPSA) is 47.3 Å². The van der Waals surface area contributed by atoms with Crippen LogP contribution >= 0.6 is 0 Å². The second-order valence-corrected chi connectivity index (χ2v) is 4.75. The molecule has 0 fully saturated rings. The molecule has 0 spiro atoms. The Morgan fingerprint density at radius 2 is 1.89 bits per heavy atom. The van der Waals surface area contributed by atoms with Gasteiger partial charge in [-0.1, -0.05) is 50.6 Å². The van der Waals surface area contributed by atoms with Gasteiger partial charge < -0.3 is 4.74 Å². The van der Waals surface area contributed by atoms with Crippen molar-refractivity contribution < 1.29 is 4.74 Å². The van der Waals surface area contributed by atoms with Crippen LogP contribution in [-0.4, -0.2) is 12.6 Å². The number of rotatable bonds is 8. The van der Waals surface area contributed by atoms with E-state index in [4.69, 9.17) is 10.6 Å². The molecule has 0 aromatic heterocycles. The van der Waals surface area contributed by atoms with Crippen molar-refractivity contribution in [3.8, 4) is 0 Å². The van der Waals surface area contributed by atoms with Crippen LogP contribution in [0.1, 0.15) is 45.3 Å². The summed E-state index contributed by atoms with van der Waals surface area (Å²) in [6.45, 7) is 7.13. The van der Waals surface area contributed by atoms with Gasteiger partial charge in [-0.05, 0) is 24.8 Å². The van der Waals surface area contributed by atoms with Gasteiger partial charge in [0.2, 0.25) is 0 Å². The van der Waals surface area contributed by atoms with E-state index in [0.717, 1.165) is 12.8 Å². The van der Waals surface area contributed by atoms with Crippen molar-refractivity contribution in [2.24, 2.45) is 11.8 Å². The van der Waals surface area contributed by atoms with E-state index in [2.05, 4.69) is 31.4 Å². The fraction of sp³-hybridized carbons (Fsp3) is 0.600. The number of nitrogens with one attached hydrogen (secondary N) is 1. The van der Waals surface area contributed by atoms with Gasteiger partial charge in [0.1, 0.15) is 0 Å². The number of hydrogen-bond acceptors (Lipinski definition) is 3. The Kier molecular flexibility index (Phi) is 6.94. The van der Waals surface area contributed by atoms with E-state index < -0.39 is 0 Å². The summed E-state index contributed by atoms with van der Waals surface area (Å²) in [6.07, 6.45) is 2.32. The van der Waals surface area contributed by atoms with E-state index in [-0.39, 0.29) is 12.1 Å². The largest absolute Gasteiger partial charge is 0.372 e. The predicted octanol–water partition coefficient (Wildman–Crippen LogP) is 3.03. The zero-order valence-corrected chi connectivity index (χ0v) is 11.7. The first-order valence-corrected chi connectivity index (χ1v) is 6.87. The molecule has 0 amide bonds. The minimum Gasteiger partial charge on any atom is -0.372 e. The van der Waals surface area contributed by atoms with Gasteiger partial charge in [0, 0.05) is 6.61 Å². The Balaban J connectivity index is 2.87. The molecule has 3 unspecified atom stereocenters. The van der Waals surface area contributed by atoms with Gasteiger partial charge in [0.25, 0.3) is 0 Å². The molecule has 102 valence electrons. The van der Waals surface area contributed by atoms with Gasteiger partial charge in [0.05, 0.1) is 12.1 Å². The van der Waals surface area contributed by atoms with Crippen molar-refractivity contribution in [3.05, 3.63) is 35.9 Å². The average molecular weight is 250 g/mol. The van der Waals surface area contributed by atoms with Crippen LogP contribution in [0.25, 0.3) is 0 Å². The lowest BCUT2D eigenvalue weighted by Gasteiger charge is -2.31. The fourth-order valence-corrected chi connectivity index (χ4v) is 2.41. The van der Waals surface area contributed by atoms with Crippen molar-refractivity contribution >= 4 is 0 Å². The molecule has 18 heavy (non-hydrogen) atoms. The standard InChI is InChI=1S/C15H26N2O/c1-4-9-12(3)14(17-16)15(18-5-2)13-10-7-6-8-11-13/h6-8,10-12,14-15,17H,4-5,9,16H2,1-3H3. The van der Waals surface area contributed by atoms with Crippen molar-refractivity contribution in [2.75, 3.05) is 6.61 Å². The molecule has 1 aromatic rings. The second kappa shape index (κ2) is 8.25. The molecular formula is C15H26N2O. The van der Waals surface area contributed by atoms with Crippen molar-refractivity contribution in [3.63, 3.8) is 0 Å². The first-order valence-electron chi connectivity index (χ1n) is 6.87. The van der Waals surface area contributed by atoms with Crippen LogP contribution < -0.4 is 11.3 Å². The zero-order valence-electron chi connectivity index (χ0n) is 11.7. The monoisotopic (exact) mass is 250 g/mol. The van der Waals surface area contributed by atoms with E-state index >= 15 is 0 Å². The molecule has 1 rings (SSSR count). The van der Waals surface area contributed by atoms with Crippen LogP contribution in [0.3, 0.4) is 0 Å². The molecule has 0 heterocycles. The number of ether oxygens (including phenoxy) is 1. The molecule has 3 nitrogen and oxygen atoms in total. The summed E-state index contributed by atoms with van der Waals surface area (Å²) in [5.74, 6) is 6.23. The number of nitrogens with two attached hydrogens (primary N) is 1. The maximum atomic E-state index is 5.91. The molecule has 0 aliphatic carbocycles. The molecule has 3 heteroatoms. The van der Waals surface area contributed by atoms with Gasteiger partial charge >= 0.3 is 0 Å². The lowest BCUT2D eigenvalue weighted by Crippen LogP contribution is -2.45. The highest BCUT2D eigenvalue weighted by atomic mass is 16.5. The van der Waals surface area contributed by atoms with E-state index in [9.17, 15) is 0 Å². The maximum Gasteiger partial charge on any atom is 0.0993 e. The van der Waals surface area contributed by atoms with Crippen LogP contribution in [0, 0.1) is 5.92 Å². The third kappa shape index (κ3) is 4.09. The number of hydrogen-bond donors (Lipinski definition) is 2. The summed E-state index contributed by atoms with van der Waals surface area (Å²) in [7, 11) is 0. The molecule has 0 radical (unpaired) electrons. The van der Waals surface area contributed by atoms with Gasteiger partial charge in [-0.2, -0.15) is 0 Å². The lowest BCUT2D eigenvalue weighted by molar-refractivity contribution is 0.0168. The molecule has 0 aliphatic heterocycles. The van der Waals surface area contributed by atoms with Crippen LogP contribution in [0.4, 0.5) is 0 Å². The SMILES string of the molecule is CCCC(C)C(NN)C(OCC)c1ccccc1. The second-order valence-electron chi connectivity index (χ2n) is 4.75. The van der Waals surface area contributed by atoms with Crippen LogP contribution in [0.2, 0.25) is 0 Å². The molecule has 0 saturated heterocycles. The zero-order chi connectivity index (χ0) is 13.4. The summed E-state index contributed by atoms with van der Waals surface area (Å²) in [6, 6.07) is 10.4. The highest BCUT2D eigenvalue weighted by Gasteiger charge is 2.27. The van der Waals surface area contributed by atoms with E-state index in [0.29, 0.717) is 12.5 Å². The first kappa shape index (κ1) is 15.2. The summed E-state index contributed by atoms with van der Waals surface area (Å²) < 4.78 is 5.91. The summed E-state index contributed by atoms with van der Waals surface area (Å²) in [5, 5.41) is 0. The summed E-state index contributed by atoms with van der Waals surface area (Å²) >= 11 is 0. The molecule has 0 bridgehead atoms. The molecule has 0 aliphatic rings. The van der Waals surface area contributed by atoms with Crippen LogP contribution in [0.15, 0.2) is 30.3 Å². The molecule has 3 N–H and O–H groups in total. The third-order valence-electron chi connectivity index (χ3n) is 3.35. The molecule has 0 saturated carbocycles. The Bertz CT molecular complexity index is 316. The van der Waals surface area contributed by atoms with E-state index in [1.807, 2.05) is 25.1 Å². The highest BCUT2D eigenvalue weighted by molar-refractivity contribution is 5.19. The molecule has 1 aromatic carbocycles. The van der Waals surface area contributed by atoms with Crippen molar-refractivity contribution in [1.29, 1.82) is 0 Å².